The van der Waals surface area contributed by atoms with Crippen LogP contribution in [0.3, 0.4) is 0 Å². The van der Waals surface area contributed by atoms with Gasteiger partial charge in [0.15, 0.2) is 6.61 Å². The summed E-state index contributed by atoms with van der Waals surface area (Å²) >= 11 is 11.9. The summed E-state index contributed by atoms with van der Waals surface area (Å²) in [7, 11) is 0. The van der Waals surface area contributed by atoms with Gasteiger partial charge < -0.3 is 4.74 Å². The molecule has 0 aromatic heterocycles. The van der Waals surface area contributed by atoms with Crippen molar-refractivity contribution in [1.82, 2.24) is 0 Å². The highest BCUT2D eigenvalue weighted by Gasteiger charge is 2.39. The van der Waals surface area contributed by atoms with Crippen molar-refractivity contribution in [3.05, 3.63) is 88.4 Å². The molecule has 3 aromatic carbocycles. The quantitative estimate of drug-likeness (QED) is 0.378. The Labute approximate surface area is 198 Å². The molecule has 170 valence electrons. The first kappa shape index (κ1) is 23.1. The Kier molecular flexibility index (Phi) is 6.63. The Balaban J connectivity index is 1.70. The van der Waals surface area contributed by atoms with Gasteiger partial charge in [0.25, 0.3) is 5.91 Å². The first-order valence-electron chi connectivity index (χ1n) is 9.91. The van der Waals surface area contributed by atoms with Crippen molar-refractivity contribution in [3.63, 3.8) is 0 Å². The average Bonchev–Trinajstić information content (AvgIpc) is 3.10. The molecule has 9 heteroatoms. The van der Waals surface area contributed by atoms with Crippen molar-refractivity contribution in [2.24, 2.45) is 4.99 Å². The number of amides is 1. The molecule has 0 saturated carbocycles. The number of alkyl halides is 3. The second-order valence-corrected chi connectivity index (χ2v) is 8.26. The summed E-state index contributed by atoms with van der Waals surface area (Å²) in [6.07, 6.45) is -4.19. The van der Waals surface area contributed by atoms with Gasteiger partial charge in [0.05, 0.1) is 11.7 Å². The highest BCUT2D eigenvalue weighted by Crippen LogP contribution is 2.38. The Morgan fingerprint density at radius 3 is 2.24 bits per heavy atom. The molecule has 0 spiro atoms. The molecular formula is C24H17Cl2F3N2O2. The Bertz CT molecular complexity index is 1180. The molecule has 1 heterocycles. The molecule has 1 unspecified atom stereocenters. The summed E-state index contributed by atoms with van der Waals surface area (Å²) in [5, 5.41) is 1.06. The molecule has 1 atom stereocenters. The van der Waals surface area contributed by atoms with Gasteiger partial charge in [-0.25, -0.2) is 4.99 Å². The highest BCUT2D eigenvalue weighted by atomic mass is 35.5. The summed E-state index contributed by atoms with van der Waals surface area (Å²) in [4.78, 5) is 19.4. The van der Waals surface area contributed by atoms with Gasteiger partial charge >= 0.3 is 6.18 Å². The lowest BCUT2D eigenvalue weighted by molar-refractivity contribution is -0.153. The standard InChI is InChI=1S/C24H17Cl2F3N2O2/c25-16-4-8-18(9-5-16)30-21-13-22(31(23(21)32)19-10-6-17(26)7-11-19)15-2-1-3-20(12-15)33-14-24(27,28)29/h1-12,22H,13-14H2. The van der Waals surface area contributed by atoms with Crippen LogP contribution in [0.4, 0.5) is 24.5 Å². The zero-order chi connectivity index (χ0) is 23.6. The van der Waals surface area contributed by atoms with Crippen LogP contribution in [0.5, 0.6) is 5.75 Å². The van der Waals surface area contributed by atoms with Crippen LogP contribution in [0.1, 0.15) is 18.0 Å². The summed E-state index contributed by atoms with van der Waals surface area (Å²) in [5.74, 6) is -0.240. The van der Waals surface area contributed by atoms with Crippen molar-refractivity contribution in [2.75, 3.05) is 11.5 Å². The molecule has 1 aliphatic heterocycles. The third-order valence-corrected chi connectivity index (χ3v) is 5.51. The molecule has 4 nitrogen and oxygen atoms in total. The number of hydrogen-bond acceptors (Lipinski definition) is 3. The largest absolute Gasteiger partial charge is 0.484 e. The maximum absolute atomic E-state index is 13.3. The van der Waals surface area contributed by atoms with Gasteiger partial charge in [-0.15, -0.1) is 0 Å². The van der Waals surface area contributed by atoms with Gasteiger partial charge in [-0.3, -0.25) is 9.69 Å². The number of ether oxygens (including phenoxy) is 1. The molecule has 0 aliphatic carbocycles. The van der Waals surface area contributed by atoms with E-state index in [9.17, 15) is 18.0 Å². The minimum absolute atomic E-state index is 0.0661. The number of aliphatic imine (C=N–C) groups is 1. The predicted octanol–water partition coefficient (Wildman–Crippen LogP) is 7.19. The summed E-state index contributed by atoms with van der Waals surface area (Å²) in [5.41, 5.74) is 2.11. The lowest BCUT2D eigenvalue weighted by Gasteiger charge is -2.25. The first-order chi connectivity index (χ1) is 15.7. The molecule has 1 saturated heterocycles. The molecule has 1 fully saturated rings. The smallest absolute Gasteiger partial charge is 0.422 e. The highest BCUT2D eigenvalue weighted by molar-refractivity contribution is 6.46. The first-order valence-corrected chi connectivity index (χ1v) is 10.7. The second-order valence-electron chi connectivity index (χ2n) is 7.38. The second kappa shape index (κ2) is 9.45. The van der Waals surface area contributed by atoms with Gasteiger partial charge in [0, 0.05) is 22.2 Å². The van der Waals surface area contributed by atoms with E-state index in [0.29, 0.717) is 32.7 Å². The average molecular weight is 493 g/mol. The van der Waals surface area contributed by atoms with E-state index < -0.39 is 18.8 Å². The fourth-order valence-electron chi connectivity index (χ4n) is 3.55. The number of rotatable bonds is 5. The fourth-order valence-corrected chi connectivity index (χ4v) is 3.80. The van der Waals surface area contributed by atoms with E-state index in [1.54, 1.807) is 65.6 Å². The van der Waals surface area contributed by atoms with Crippen LogP contribution in [0, 0.1) is 0 Å². The van der Waals surface area contributed by atoms with E-state index in [1.807, 2.05) is 0 Å². The Morgan fingerprint density at radius 1 is 0.970 bits per heavy atom. The van der Waals surface area contributed by atoms with Crippen LogP contribution >= 0.6 is 23.2 Å². The molecule has 0 N–H and O–H groups in total. The number of halogens is 5. The van der Waals surface area contributed by atoms with Crippen molar-refractivity contribution in [2.45, 2.75) is 18.6 Å². The lowest BCUT2D eigenvalue weighted by atomic mass is 10.0. The van der Waals surface area contributed by atoms with E-state index in [0.717, 1.165) is 0 Å². The minimum Gasteiger partial charge on any atom is -0.484 e. The number of anilines is 1. The molecule has 0 radical (unpaired) electrons. The van der Waals surface area contributed by atoms with Gasteiger partial charge in [-0.2, -0.15) is 13.2 Å². The third-order valence-electron chi connectivity index (χ3n) is 5.00. The third kappa shape index (κ3) is 5.67. The summed E-state index contributed by atoms with van der Waals surface area (Å²) in [6.45, 7) is -1.40. The number of carbonyl (C=O) groups is 1. The van der Waals surface area contributed by atoms with Crippen LogP contribution in [0.25, 0.3) is 0 Å². The van der Waals surface area contributed by atoms with E-state index in [4.69, 9.17) is 27.9 Å². The minimum atomic E-state index is -4.45. The lowest BCUT2D eigenvalue weighted by Crippen LogP contribution is -2.29. The van der Waals surface area contributed by atoms with Gasteiger partial charge in [0.2, 0.25) is 0 Å². The normalized spacial score (nSPS) is 17.6. The Morgan fingerprint density at radius 2 is 1.61 bits per heavy atom. The maximum Gasteiger partial charge on any atom is 0.422 e. The molecule has 3 aromatic rings. The number of benzene rings is 3. The number of nitrogens with zero attached hydrogens (tertiary/aromatic N) is 2. The maximum atomic E-state index is 13.3. The topological polar surface area (TPSA) is 41.9 Å². The van der Waals surface area contributed by atoms with E-state index in [-0.39, 0.29) is 18.1 Å². The van der Waals surface area contributed by atoms with Gasteiger partial charge in [-0.1, -0.05) is 35.3 Å². The molecule has 1 amide bonds. The van der Waals surface area contributed by atoms with Gasteiger partial charge in [-0.05, 0) is 66.2 Å². The van der Waals surface area contributed by atoms with E-state index >= 15 is 0 Å². The summed E-state index contributed by atoms with van der Waals surface area (Å²) in [6, 6.07) is 19.3. The van der Waals surface area contributed by atoms with Crippen molar-refractivity contribution in [1.29, 1.82) is 0 Å². The van der Waals surface area contributed by atoms with Crippen LogP contribution in [0.15, 0.2) is 77.8 Å². The predicted molar refractivity (Wildman–Crippen MR) is 123 cm³/mol. The number of carbonyl (C=O) groups excluding carboxylic acids is 1. The van der Waals surface area contributed by atoms with Crippen LogP contribution < -0.4 is 9.64 Å². The molecule has 4 rings (SSSR count). The zero-order valence-electron chi connectivity index (χ0n) is 17.0. The zero-order valence-corrected chi connectivity index (χ0v) is 18.5. The molecule has 0 bridgehead atoms. The molecular weight excluding hydrogens is 476 g/mol. The number of hydrogen-bond donors (Lipinski definition) is 0. The SMILES string of the molecule is O=C1C(=Nc2ccc(Cl)cc2)CC(c2cccc(OCC(F)(F)F)c2)N1c1ccc(Cl)cc1. The Hall–Kier alpha value is -3.03. The van der Waals surface area contributed by atoms with Crippen LogP contribution in [0.2, 0.25) is 10.0 Å². The van der Waals surface area contributed by atoms with Crippen molar-refractivity contribution < 1.29 is 22.7 Å². The van der Waals surface area contributed by atoms with Crippen molar-refractivity contribution in [3.8, 4) is 5.75 Å². The van der Waals surface area contributed by atoms with Crippen LogP contribution in [-0.4, -0.2) is 24.4 Å². The van der Waals surface area contributed by atoms with E-state index in [1.165, 1.54) is 12.1 Å². The van der Waals surface area contributed by atoms with Crippen molar-refractivity contribution >= 4 is 46.2 Å². The molecule has 33 heavy (non-hydrogen) atoms. The molecule has 1 aliphatic rings. The summed E-state index contributed by atoms with van der Waals surface area (Å²) < 4.78 is 42.6. The van der Waals surface area contributed by atoms with E-state index in [2.05, 4.69) is 4.99 Å². The van der Waals surface area contributed by atoms with Gasteiger partial charge in [0.1, 0.15) is 11.5 Å². The fraction of sp³-hybridized carbons (Fsp3) is 0.167. The van der Waals surface area contributed by atoms with Crippen LogP contribution in [-0.2, 0) is 4.79 Å². The monoisotopic (exact) mass is 492 g/mol.